The molecule has 20 heavy (non-hydrogen) atoms. The standard InChI is InChI=1S/C14H21N3O3/c1-10(9-16(3)4)8-15-14(18)12-6-5-11(2)13(7-12)17(19)20/h5-7,10H,8-9H2,1-4H3,(H,15,18). The number of nitrogens with zero attached hydrogens (tertiary/aromatic N) is 2. The number of nitro benzene ring substituents is 1. The van der Waals surface area contributed by atoms with E-state index in [1.807, 2.05) is 25.9 Å². The summed E-state index contributed by atoms with van der Waals surface area (Å²) in [5.41, 5.74) is 0.839. The van der Waals surface area contributed by atoms with Crippen LogP contribution < -0.4 is 5.32 Å². The molecule has 1 atom stereocenters. The molecule has 0 aliphatic heterocycles. The number of nitro groups is 1. The molecule has 0 heterocycles. The Labute approximate surface area is 118 Å². The second-order valence-electron chi connectivity index (χ2n) is 5.34. The van der Waals surface area contributed by atoms with Crippen LogP contribution in [0.3, 0.4) is 0 Å². The van der Waals surface area contributed by atoms with Crippen LogP contribution in [0.1, 0.15) is 22.8 Å². The predicted molar refractivity (Wildman–Crippen MR) is 77.9 cm³/mol. The molecular weight excluding hydrogens is 258 g/mol. The molecular formula is C14H21N3O3. The van der Waals surface area contributed by atoms with Crippen LogP contribution in [-0.2, 0) is 0 Å². The van der Waals surface area contributed by atoms with E-state index < -0.39 is 4.92 Å². The van der Waals surface area contributed by atoms with Gasteiger partial charge in [-0.05, 0) is 33.0 Å². The van der Waals surface area contributed by atoms with Crippen LogP contribution in [0.4, 0.5) is 5.69 Å². The van der Waals surface area contributed by atoms with Gasteiger partial charge in [-0.25, -0.2) is 0 Å². The van der Waals surface area contributed by atoms with Gasteiger partial charge >= 0.3 is 0 Å². The minimum atomic E-state index is -0.471. The highest BCUT2D eigenvalue weighted by molar-refractivity contribution is 5.94. The number of hydrogen-bond donors (Lipinski definition) is 1. The Morgan fingerprint density at radius 3 is 2.65 bits per heavy atom. The van der Waals surface area contributed by atoms with Gasteiger partial charge in [0.2, 0.25) is 0 Å². The van der Waals surface area contributed by atoms with Crippen molar-refractivity contribution in [2.24, 2.45) is 5.92 Å². The van der Waals surface area contributed by atoms with E-state index in [1.165, 1.54) is 6.07 Å². The lowest BCUT2D eigenvalue weighted by Crippen LogP contribution is -2.32. The second kappa shape index (κ2) is 7.00. The number of benzene rings is 1. The normalized spacial score (nSPS) is 12.2. The Bertz CT molecular complexity index is 500. The summed E-state index contributed by atoms with van der Waals surface area (Å²) in [6, 6.07) is 4.52. The summed E-state index contributed by atoms with van der Waals surface area (Å²) in [6.45, 7) is 5.10. The van der Waals surface area contributed by atoms with Crippen molar-refractivity contribution in [2.75, 3.05) is 27.2 Å². The van der Waals surface area contributed by atoms with E-state index in [0.717, 1.165) is 6.54 Å². The number of nitrogens with one attached hydrogen (secondary N) is 1. The lowest BCUT2D eigenvalue weighted by Gasteiger charge is -2.17. The first-order chi connectivity index (χ1) is 9.31. The zero-order chi connectivity index (χ0) is 15.3. The van der Waals surface area contributed by atoms with Crippen LogP contribution in [0.25, 0.3) is 0 Å². The van der Waals surface area contributed by atoms with Gasteiger partial charge in [-0.3, -0.25) is 14.9 Å². The third-order valence-corrected chi connectivity index (χ3v) is 2.96. The fourth-order valence-electron chi connectivity index (χ4n) is 2.00. The number of rotatable bonds is 6. The van der Waals surface area contributed by atoms with Crippen molar-refractivity contribution in [3.8, 4) is 0 Å². The van der Waals surface area contributed by atoms with Gasteiger partial charge in [0, 0.05) is 30.3 Å². The van der Waals surface area contributed by atoms with Gasteiger partial charge in [0.1, 0.15) is 0 Å². The van der Waals surface area contributed by atoms with Crippen molar-refractivity contribution in [3.05, 3.63) is 39.4 Å². The average molecular weight is 279 g/mol. The second-order valence-corrected chi connectivity index (χ2v) is 5.34. The van der Waals surface area contributed by atoms with Crippen molar-refractivity contribution in [2.45, 2.75) is 13.8 Å². The average Bonchev–Trinajstić information content (AvgIpc) is 2.35. The first-order valence-corrected chi connectivity index (χ1v) is 6.49. The fraction of sp³-hybridized carbons (Fsp3) is 0.500. The highest BCUT2D eigenvalue weighted by Gasteiger charge is 2.15. The van der Waals surface area contributed by atoms with Gasteiger partial charge in [0.15, 0.2) is 0 Å². The van der Waals surface area contributed by atoms with Gasteiger partial charge in [0.05, 0.1) is 4.92 Å². The first-order valence-electron chi connectivity index (χ1n) is 6.49. The summed E-state index contributed by atoms with van der Waals surface area (Å²) >= 11 is 0. The van der Waals surface area contributed by atoms with E-state index >= 15 is 0 Å². The van der Waals surface area contributed by atoms with Gasteiger partial charge in [-0.1, -0.05) is 13.0 Å². The highest BCUT2D eigenvalue weighted by atomic mass is 16.6. The van der Waals surface area contributed by atoms with Crippen LogP contribution >= 0.6 is 0 Å². The molecule has 1 aromatic rings. The molecule has 6 nitrogen and oxygen atoms in total. The number of amides is 1. The van der Waals surface area contributed by atoms with Crippen LogP contribution in [0.5, 0.6) is 0 Å². The first kappa shape index (κ1) is 16.1. The largest absolute Gasteiger partial charge is 0.352 e. The van der Waals surface area contributed by atoms with Crippen LogP contribution in [0.15, 0.2) is 18.2 Å². The van der Waals surface area contributed by atoms with E-state index in [-0.39, 0.29) is 11.6 Å². The van der Waals surface area contributed by atoms with E-state index in [4.69, 9.17) is 0 Å². The molecule has 1 unspecified atom stereocenters. The van der Waals surface area contributed by atoms with E-state index in [0.29, 0.717) is 23.6 Å². The molecule has 0 spiro atoms. The maximum absolute atomic E-state index is 12.0. The van der Waals surface area contributed by atoms with Gasteiger partial charge in [-0.2, -0.15) is 0 Å². The molecule has 0 radical (unpaired) electrons. The maximum Gasteiger partial charge on any atom is 0.273 e. The Hall–Kier alpha value is -1.95. The molecule has 1 aromatic carbocycles. The summed E-state index contributed by atoms with van der Waals surface area (Å²) in [4.78, 5) is 24.4. The Balaban J connectivity index is 2.69. The predicted octanol–water partition coefficient (Wildman–Crippen LogP) is 1.83. The molecule has 0 fully saturated rings. The van der Waals surface area contributed by atoms with Crippen LogP contribution in [0.2, 0.25) is 0 Å². The fourth-order valence-corrected chi connectivity index (χ4v) is 2.00. The monoisotopic (exact) mass is 279 g/mol. The Kier molecular flexibility index (Phi) is 5.64. The molecule has 0 saturated carbocycles. The lowest BCUT2D eigenvalue weighted by molar-refractivity contribution is -0.385. The smallest absolute Gasteiger partial charge is 0.273 e. The van der Waals surface area contributed by atoms with Crippen molar-refractivity contribution >= 4 is 11.6 Å². The van der Waals surface area contributed by atoms with Crippen molar-refractivity contribution < 1.29 is 9.72 Å². The minimum Gasteiger partial charge on any atom is -0.352 e. The van der Waals surface area contributed by atoms with Crippen molar-refractivity contribution in [1.82, 2.24) is 10.2 Å². The van der Waals surface area contributed by atoms with Crippen LogP contribution in [0, 0.1) is 23.0 Å². The van der Waals surface area contributed by atoms with Gasteiger partial charge in [-0.15, -0.1) is 0 Å². The Morgan fingerprint density at radius 2 is 2.10 bits per heavy atom. The molecule has 1 amide bonds. The zero-order valence-corrected chi connectivity index (χ0v) is 12.3. The number of aryl methyl sites for hydroxylation is 1. The van der Waals surface area contributed by atoms with E-state index in [2.05, 4.69) is 5.32 Å². The molecule has 0 aliphatic rings. The zero-order valence-electron chi connectivity index (χ0n) is 12.3. The third-order valence-electron chi connectivity index (χ3n) is 2.96. The molecule has 0 bridgehead atoms. The SMILES string of the molecule is Cc1ccc(C(=O)NCC(C)CN(C)C)cc1[N+](=O)[O-]. The van der Waals surface area contributed by atoms with Gasteiger partial charge < -0.3 is 10.2 Å². The van der Waals surface area contributed by atoms with Crippen molar-refractivity contribution in [3.63, 3.8) is 0 Å². The maximum atomic E-state index is 12.0. The molecule has 0 aliphatic carbocycles. The molecule has 110 valence electrons. The summed E-state index contributed by atoms with van der Waals surface area (Å²) in [5.74, 6) is 0.0353. The summed E-state index contributed by atoms with van der Waals surface area (Å²) in [5, 5.41) is 13.7. The number of hydrogen-bond acceptors (Lipinski definition) is 4. The molecule has 0 aromatic heterocycles. The third kappa shape index (κ3) is 4.62. The quantitative estimate of drug-likeness (QED) is 0.636. The molecule has 0 saturated heterocycles. The Morgan fingerprint density at radius 1 is 1.45 bits per heavy atom. The number of carbonyl (C=O) groups is 1. The van der Waals surface area contributed by atoms with Crippen molar-refractivity contribution in [1.29, 1.82) is 0 Å². The molecule has 1 N–H and O–H groups in total. The summed E-state index contributed by atoms with van der Waals surface area (Å²) in [6.07, 6.45) is 0. The molecule has 1 rings (SSSR count). The van der Waals surface area contributed by atoms with E-state index in [1.54, 1.807) is 19.1 Å². The molecule has 6 heteroatoms. The summed E-state index contributed by atoms with van der Waals surface area (Å²) in [7, 11) is 3.95. The minimum absolute atomic E-state index is 0.0287. The van der Waals surface area contributed by atoms with E-state index in [9.17, 15) is 14.9 Å². The topological polar surface area (TPSA) is 75.5 Å². The van der Waals surface area contributed by atoms with Gasteiger partial charge in [0.25, 0.3) is 11.6 Å². The summed E-state index contributed by atoms with van der Waals surface area (Å²) < 4.78 is 0. The lowest BCUT2D eigenvalue weighted by atomic mass is 10.1. The number of carbonyl (C=O) groups excluding carboxylic acids is 1. The van der Waals surface area contributed by atoms with Crippen LogP contribution in [-0.4, -0.2) is 42.9 Å². The highest BCUT2D eigenvalue weighted by Crippen LogP contribution is 2.19.